The average Bonchev–Trinajstić information content (AvgIpc) is 2.79. The predicted octanol–water partition coefficient (Wildman–Crippen LogP) is 4.69. The fourth-order valence-corrected chi connectivity index (χ4v) is 4.42. The van der Waals surface area contributed by atoms with E-state index >= 15 is 0 Å². The molecule has 0 spiro atoms. The van der Waals surface area contributed by atoms with Crippen LogP contribution < -0.4 is 0 Å². The molecule has 30 heavy (non-hydrogen) atoms. The number of likely N-dealkylation sites (tertiary alicyclic amines) is 1. The molecule has 158 valence electrons. The van der Waals surface area contributed by atoms with E-state index in [-0.39, 0.29) is 11.9 Å². The average molecular weight is 425 g/mol. The number of carbonyl (C=O) groups is 2. The Morgan fingerprint density at radius 2 is 2.03 bits per heavy atom. The first-order valence-corrected chi connectivity index (χ1v) is 11.5. The first kappa shape index (κ1) is 22.1. The Bertz CT molecular complexity index is 900. The van der Waals surface area contributed by atoms with Gasteiger partial charge in [-0.3, -0.25) is 9.59 Å². The van der Waals surface area contributed by atoms with Gasteiger partial charge < -0.3 is 9.64 Å². The number of aromatic nitrogens is 1. The van der Waals surface area contributed by atoms with Gasteiger partial charge in [-0.05, 0) is 50.1 Å². The van der Waals surface area contributed by atoms with Crippen LogP contribution in [0.5, 0.6) is 0 Å². The molecule has 2 heterocycles. The number of ether oxygens (including phenoxy) is 1. The topological polar surface area (TPSA) is 59.5 Å². The van der Waals surface area contributed by atoms with Gasteiger partial charge in [-0.25, -0.2) is 4.98 Å². The molecule has 0 radical (unpaired) electrons. The van der Waals surface area contributed by atoms with Gasteiger partial charge in [-0.1, -0.05) is 42.5 Å². The highest BCUT2D eigenvalue weighted by atomic mass is 32.2. The number of rotatable bonds is 7. The van der Waals surface area contributed by atoms with E-state index in [9.17, 15) is 9.59 Å². The maximum Gasteiger partial charge on any atom is 0.314 e. The molecule has 6 heteroatoms. The molecule has 1 aliphatic heterocycles. The van der Waals surface area contributed by atoms with Crippen LogP contribution in [0.2, 0.25) is 0 Å². The monoisotopic (exact) mass is 424 g/mol. The summed E-state index contributed by atoms with van der Waals surface area (Å²) >= 11 is 1.45. The zero-order valence-electron chi connectivity index (χ0n) is 17.5. The van der Waals surface area contributed by atoms with Crippen molar-refractivity contribution >= 4 is 29.7 Å². The molecule has 1 aliphatic rings. The molecular formula is C24H28N2O3S. The van der Waals surface area contributed by atoms with Crippen molar-refractivity contribution in [3.05, 3.63) is 65.9 Å². The Hall–Kier alpha value is -2.60. The first-order chi connectivity index (χ1) is 14.6. The lowest BCUT2D eigenvalue weighted by Crippen LogP contribution is -2.50. The lowest BCUT2D eigenvalue weighted by molar-refractivity contribution is -0.158. The largest absolute Gasteiger partial charge is 0.466 e. The minimum atomic E-state index is -0.725. The summed E-state index contributed by atoms with van der Waals surface area (Å²) in [6, 6.07) is 13.6. The van der Waals surface area contributed by atoms with Crippen molar-refractivity contribution in [1.29, 1.82) is 0 Å². The molecule has 1 aromatic carbocycles. The highest BCUT2D eigenvalue weighted by Gasteiger charge is 2.44. The SMILES string of the molecule is CCOC(=O)[C@@]1(C/C=C/c2ccccc2)CCCN(C(=O)c2cccnc2SC)C1. The van der Waals surface area contributed by atoms with E-state index in [0.29, 0.717) is 43.1 Å². The van der Waals surface area contributed by atoms with Crippen LogP contribution in [0.25, 0.3) is 6.08 Å². The van der Waals surface area contributed by atoms with E-state index in [1.54, 1.807) is 23.2 Å². The number of piperidine rings is 1. The summed E-state index contributed by atoms with van der Waals surface area (Å²) in [5.41, 5.74) is 0.946. The van der Waals surface area contributed by atoms with Crippen LogP contribution in [0.1, 0.15) is 42.1 Å². The Kier molecular flexibility index (Phi) is 7.69. The second-order valence-corrected chi connectivity index (χ2v) is 8.20. The normalized spacial score (nSPS) is 19.1. The van der Waals surface area contributed by atoms with Gasteiger partial charge in [0.15, 0.2) is 0 Å². The summed E-state index contributed by atoms with van der Waals surface area (Å²) < 4.78 is 5.44. The first-order valence-electron chi connectivity index (χ1n) is 10.3. The molecule has 2 aromatic rings. The predicted molar refractivity (Wildman–Crippen MR) is 120 cm³/mol. The summed E-state index contributed by atoms with van der Waals surface area (Å²) in [5, 5.41) is 0.707. The molecule has 3 rings (SSSR count). The number of amides is 1. The van der Waals surface area contributed by atoms with Gasteiger partial charge >= 0.3 is 5.97 Å². The van der Waals surface area contributed by atoms with Gasteiger partial charge in [0.1, 0.15) is 5.03 Å². The van der Waals surface area contributed by atoms with Crippen LogP contribution >= 0.6 is 11.8 Å². The van der Waals surface area contributed by atoms with E-state index < -0.39 is 5.41 Å². The molecule has 5 nitrogen and oxygen atoms in total. The summed E-state index contributed by atoms with van der Waals surface area (Å²) in [4.78, 5) is 32.3. The molecule has 0 saturated carbocycles. The van der Waals surface area contributed by atoms with E-state index in [2.05, 4.69) is 4.98 Å². The molecule has 1 saturated heterocycles. The Labute approximate surface area is 182 Å². The molecule has 1 fully saturated rings. The molecule has 1 aromatic heterocycles. The van der Waals surface area contributed by atoms with Crippen LogP contribution in [-0.2, 0) is 9.53 Å². The van der Waals surface area contributed by atoms with Gasteiger partial charge in [0.2, 0.25) is 0 Å². The summed E-state index contributed by atoms with van der Waals surface area (Å²) in [7, 11) is 0. The van der Waals surface area contributed by atoms with Crippen LogP contribution in [0.4, 0.5) is 0 Å². The van der Waals surface area contributed by atoms with Crippen LogP contribution in [0.3, 0.4) is 0 Å². The fraction of sp³-hybridized carbons (Fsp3) is 0.375. The Morgan fingerprint density at radius 1 is 1.23 bits per heavy atom. The van der Waals surface area contributed by atoms with Crippen molar-refractivity contribution < 1.29 is 14.3 Å². The van der Waals surface area contributed by atoms with Gasteiger partial charge in [-0.15, -0.1) is 11.8 Å². The summed E-state index contributed by atoms with van der Waals surface area (Å²) in [5.74, 6) is -0.302. The third kappa shape index (κ3) is 5.11. The maximum absolute atomic E-state index is 13.2. The zero-order chi connectivity index (χ0) is 21.4. The molecular weight excluding hydrogens is 396 g/mol. The Morgan fingerprint density at radius 3 is 2.77 bits per heavy atom. The number of allylic oxidation sites excluding steroid dienone is 1. The fourth-order valence-electron chi connectivity index (χ4n) is 3.88. The van der Waals surface area contributed by atoms with Crippen molar-refractivity contribution in [2.45, 2.75) is 31.2 Å². The quantitative estimate of drug-likeness (QED) is 0.477. The summed E-state index contributed by atoms with van der Waals surface area (Å²) in [6.07, 6.45) is 9.65. The van der Waals surface area contributed by atoms with Crippen molar-refractivity contribution in [1.82, 2.24) is 9.88 Å². The van der Waals surface area contributed by atoms with Gasteiger partial charge in [-0.2, -0.15) is 0 Å². The van der Waals surface area contributed by atoms with Crippen molar-refractivity contribution in [3.8, 4) is 0 Å². The molecule has 0 unspecified atom stereocenters. The highest BCUT2D eigenvalue weighted by molar-refractivity contribution is 7.98. The van der Waals surface area contributed by atoms with Crippen LogP contribution in [-0.4, -0.2) is 47.7 Å². The number of hydrogen-bond acceptors (Lipinski definition) is 5. The van der Waals surface area contributed by atoms with Crippen molar-refractivity contribution in [2.24, 2.45) is 5.41 Å². The standard InChI is InChI=1S/C24H28N2O3S/c1-3-29-23(28)24(14-7-12-19-10-5-4-6-11-19)15-9-17-26(18-24)22(27)20-13-8-16-25-21(20)30-2/h4-8,10-13,16H,3,9,14-15,17-18H2,1-2H3/b12-7+/t24-/m0/s1. The number of benzene rings is 1. The third-order valence-electron chi connectivity index (χ3n) is 5.39. The number of pyridine rings is 1. The molecule has 0 bridgehead atoms. The number of carbonyl (C=O) groups excluding carboxylic acids is 2. The zero-order valence-corrected chi connectivity index (χ0v) is 18.4. The lowest BCUT2D eigenvalue weighted by atomic mass is 9.76. The van der Waals surface area contributed by atoms with Crippen LogP contribution in [0, 0.1) is 5.41 Å². The smallest absolute Gasteiger partial charge is 0.314 e. The van der Waals surface area contributed by atoms with Gasteiger partial charge in [0, 0.05) is 19.3 Å². The second-order valence-electron chi connectivity index (χ2n) is 7.41. The molecule has 0 N–H and O–H groups in total. The number of hydrogen-bond donors (Lipinski definition) is 0. The van der Waals surface area contributed by atoms with Gasteiger partial charge in [0.25, 0.3) is 5.91 Å². The van der Waals surface area contributed by atoms with Gasteiger partial charge in [0.05, 0.1) is 17.6 Å². The molecule has 1 amide bonds. The minimum absolute atomic E-state index is 0.0761. The van der Waals surface area contributed by atoms with Crippen molar-refractivity contribution in [3.63, 3.8) is 0 Å². The van der Waals surface area contributed by atoms with E-state index in [0.717, 1.165) is 12.0 Å². The summed E-state index contributed by atoms with van der Waals surface area (Å²) in [6.45, 7) is 3.13. The molecule has 0 aliphatic carbocycles. The van der Waals surface area contributed by atoms with Crippen molar-refractivity contribution in [2.75, 3.05) is 26.0 Å². The number of esters is 1. The van der Waals surface area contributed by atoms with E-state index in [1.165, 1.54) is 11.8 Å². The van der Waals surface area contributed by atoms with E-state index in [1.807, 2.05) is 55.7 Å². The third-order valence-corrected chi connectivity index (χ3v) is 6.10. The maximum atomic E-state index is 13.2. The van der Waals surface area contributed by atoms with Crippen LogP contribution in [0.15, 0.2) is 59.8 Å². The highest BCUT2D eigenvalue weighted by Crippen LogP contribution is 2.37. The second kappa shape index (κ2) is 10.4. The number of nitrogens with zero attached hydrogens (tertiary/aromatic N) is 2. The minimum Gasteiger partial charge on any atom is -0.466 e. The number of thioether (sulfide) groups is 1. The van der Waals surface area contributed by atoms with E-state index in [4.69, 9.17) is 4.74 Å². The lowest BCUT2D eigenvalue weighted by Gasteiger charge is -2.40. The Balaban J connectivity index is 1.83. The molecule has 1 atom stereocenters.